The molecule has 0 aliphatic rings. The lowest BCUT2D eigenvalue weighted by Crippen LogP contribution is -2.17. The number of allylic oxidation sites excluding steroid dienone is 1. The molecule has 0 fully saturated rings. The second kappa shape index (κ2) is 30.1. The summed E-state index contributed by atoms with van der Waals surface area (Å²) in [4.78, 5) is 34.3. The highest BCUT2D eigenvalue weighted by Crippen LogP contribution is 2.16. The molecule has 0 spiro atoms. The second-order valence-corrected chi connectivity index (χ2v) is 11.3. The lowest BCUT2D eigenvalue weighted by Gasteiger charge is -2.16. The van der Waals surface area contributed by atoms with Gasteiger partial charge in [0.2, 0.25) is 0 Å². The molecule has 0 aliphatic heterocycles. The van der Waals surface area contributed by atoms with Gasteiger partial charge >= 0.3 is 17.9 Å². The van der Waals surface area contributed by atoms with Crippen LogP contribution >= 0.6 is 0 Å². The van der Waals surface area contributed by atoms with E-state index in [1.54, 1.807) is 0 Å². The summed E-state index contributed by atoms with van der Waals surface area (Å²) in [5.74, 6) is -1.42. The van der Waals surface area contributed by atoms with Crippen molar-refractivity contribution in [1.82, 2.24) is 0 Å². The van der Waals surface area contributed by atoms with Crippen LogP contribution in [-0.4, -0.2) is 35.7 Å². The molecule has 1 N–H and O–H groups in total. The summed E-state index contributed by atoms with van der Waals surface area (Å²) >= 11 is 0. The first kappa shape index (κ1) is 38.1. The molecule has 0 aromatic carbocycles. The van der Waals surface area contributed by atoms with Gasteiger partial charge in [0.1, 0.15) is 6.10 Å². The van der Waals surface area contributed by atoms with E-state index in [0.717, 1.165) is 70.6 Å². The summed E-state index contributed by atoms with van der Waals surface area (Å²) in [6.07, 6.45) is 30.2. The van der Waals surface area contributed by atoms with E-state index in [1.807, 2.05) is 0 Å². The molecule has 1 atom stereocenters. The van der Waals surface area contributed by atoms with E-state index >= 15 is 0 Å². The Bertz CT molecular complexity index is 630. The Morgan fingerprint density at radius 2 is 1.15 bits per heavy atom. The minimum absolute atomic E-state index is 0.0115. The minimum Gasteiger partial charge on any atom is -0.481 e. The number of carbonyl (C=O) groups is 3. The molecule has 40 heavy (non-hydrogen) atoms. The summed E-state index contributed by atoms with van der Waals surface area (Å²) in [5.41, 5.74) is 0. The van der Waals surface area contributed by atoms with Gasteiger partial charge in [-0.1, -0.05) is 122 Å². The Morgan fingerprint density at radius 3 is 1.77 bits per heavy atom. The zero-order valence-electron chi connectivity index (χ0n) is 26.1. The fraction of sp³-hybridized carbons (Fsp3) is 0.853. The highest BCUT2D eigenvalue weighted by atomic mass is 16.5. The summed E-state index contributed by atoms with van der Waals surface area (Å²) in [6.45, 7) is 4.85. The molecule has 0 amide bonds. The minimum atomic E-state index is -0.975. The van der Waals surface area contributed by atoms with Crippen LogP contribution in [-0.2, 0) is 23.9 Å². The maximum absolute atomic E-state index is 12.4. The highest BCUT2D eigenvalue weighted by Gasteiger charge is 2.13. The predicted molar refractivity (Wildman–Crippen MR) is 164 cm³/mol. The summed E-state index contributed by atoms with van der Waals surface area (Å²) < 4.78 is 10.9. The van der Waals surface area contributed by atoms with Gasteiger partial charge in [-0.3, -0.25) is 14.4 Å². The van der Waals surface area contributed by atoms with Gasteiger partial charge in [-0.25, -0.2) is 0 Å². The monoisotopic (exact) mass is 566 g/mol. The number of aliphatic carboxylic acids is 1. The first-order valence-corrected chi connectivity index (χ1v) is 16.7. The van der Waals surface area contributed by atoms with Crippen molar-refractivity contribution < 1.29 is 29.0 Å². The fourth-order valence-electron chi connectivity index (χ4n) is 4.75. The molecule has 6 nitrogen and oxygen atoms in total. The summed E-state index contributed by atoms with van der Waals surface area (Å²) in [6, 6.07) is 0. The van der Waals surface area contributed by atoms with Crippen LogP contribution in [0.1, 0.15) is 174 Å². The lowest BCUT2D eigenvalue weighted by atomic mass is 10.1. The van der Waals surface area contributed by atoms with Crippen LogP contribution in [0.15, 0.2) is 12.2 Å². The first-order valence-electron chi connectivity index (χ1n) is 16.7. The topological polar surface area (TPSA) is 89.9 Å². The molecule has 234 valence electrons. The Morgan fingerprint density at radius 1 is 0.600 bits per heavy atom. The van der Waals surface area contributed by atoms with Crippen molar-refractivity contribution in [2.45, 2.75) is 180 Å². The van der Waals surface area contributed by atoms with E-state index in [9.17, 15) is 14.4 Å². The molecule has 0 heterocycles. The van der Waals surface area contributed by atoms with Gasteiger partial charge in [0, 0.05) is 12.8 Å². The number of hydrogen-bond acceptors (Lipinski definition) is 5. The van der Waals surface area contributed by atoms with Crippen molar-refractivity contribution in [2.24, 2.45) is 0 Å². The molecular formula is C34H62O6. The average Bonchev–Trinajstić information content (AvgIpc) is 2.93. The van der Waals surface area contributed by atoms with Gasteiger partial charge < -0.3 is 14.6 Å². The SMILES string of the molecule is CCCCCCCCCCCC(=O)OC(CC=CCCCCCCCCOC(=O)CCC(=O)O)CCCCCC. The van der Waals surface area contributed by atoms with Crippen molar-refractivity contribution in [3.63, 3.8) is 0 Å². The smallest absolute Gasteiger partial charge is 0.306 e. The van der Waals surface area contributed by atoms with Crippen molar-refractivity contribution in [2.75, 3.05) is 6.61 Å². The third kappa shape index (κ3) is 29.1. The molecule has 0 aromatic heterocycles. The van der Waals surface area contributed by atoms with Crippen LogP contribution < -0.4 is 0 Å². The molecule has 0 aliphatic carbocycles. The van der Waals surface area contributed by atoms with E-state index < -0.39 is 11.9 Å². The molecule has 6 heteroatoms. The van der Waals surface area contributed by atoms with Crippen LogP contribution in [0.25, 0.3) is 0 Å². The Balaban J connectivity index is 3.93. The fourth-order valence-corrected chi connectivity index (χ4v) is 4.75. The van der Waals surface area contributed by atoms with E-state index in [2.05, 4.69) is 26.0 Å². The van der Waals surface area contributed by atoms with Crippen LogP contribution in [0.3, 0.4) is 0 Å². The van der Waals surface area contributed by atoms with E-state index in [-0.39, 0.29) is 24.9 Å². The molecule has 0 saturated heterocycles. The van der Waals surface area contributed by atoms with Crippen LogP contribution in [0.5, 0.6) is 0 Å². The van der Waals surface area contributed by atoms with Gasteiger partial charge in [-0.2, -0.15) is 0 Å². The zero-order valence-corrected chi connectivity index (χ0v) is 26.1. The van der Waals surface area contributed by atoms with Crippen LogP contribution in [0, 0.1) is 0 Å². The van der Waals surface area contributed by atoms with Gasteiger partial charge in [0.25, 0.3) is 0 Å². The van der Waals surface area contributed by atoms with Crippen LogP contribution in [0.4, 0.5) is 0 Å². The normalized spacial score (nSPS) is 12.1. The van der Waals surface area contributed by atoms with Gasteiger partial charge in [0.05, 0.1) is 19.4 Å². The van der Waals surface area contributed by atoms with E-state index in [1.165, 1.54) is 70.6 Å². The van der Waals surface area contributed by atoms with Crippen molar-refractivity contribution >= 4 is 17.9 Å². The molecule has 0 bridgehead atoms. The van der Waals surface area contributed by atoms with Gasteiger partial charge in [-0.05, 0) is 38.5 Å². The van der Waals surface area contributed by atoms with Crippen LogP contribution in [0.2, 0.25) is 0 Å². The third-order valence-corrected chi connectivity index (χ3v) is 7.30. The lowest BCUT2D eigenvalue weighted by molar-refractivity contribution is -0.149. The molecule has 0 saturated carbocycles. The van der Waals surface area contributed by atoms with Crippen molar-refractivity contribution in [1.29, 1.82) is 0 Å². The second-order valence-electron chi connectivity index (χ2n) is 11.3. The first-order chi connectivity index (χ1) is 19.5. The largest absolute Gasteiger partial charge is 0.481 e. The summed E-state index contributed by atoms with van der Waals surface area (Å²) in [7, 11) is 0. The summed E-state index contributed by atoms with van der Waals surface area (Å²) in [5, 5.41) is 8.56. The molecule has 0 rings (SSSR count). The molecule has 0 radical (unpaired) electrons. The standard InChI is InChI=1S/C34H62O6/c1-3-5-7-9-10-12-16-19-23-27-34(38)40-31(25-21-8-6-4-2)26-22-18-15-13-11-14-17-20-24-30-39-33(37)29-28-32(35)36/h18,22,31H,3-17,19-21,23-30H2,1-2H3,(H,35,36). The number of rotatable bonds is 30. The Kier molecular flexibility index (Phi) is 28.7. The number of ether oxygens (including phenoxy) is 2. The highest BCUT2D eigenvalue weighted by molar-refractivity contribution is 5.76. The van der Waals surface area contributed by atoms with Gasteiger partial charge in [-0.15, -0.1) is 0 Å². The maximum Gasteiger partial charge on any atom is 0.306 e. The van der Waals surface area contributed by atoms with Crippen molar-refractivity contribution in [3.8, 4) is 0 Å². The number of unbranched alkanes of at least 4 members (excludes halogenated alkanes) is 17. The quantitative estimate of drug-likeness (QED) is 0.0528. The molecular weight excluding hydrogens is 504 g/mol. The third-order valence-electron chi connectivity index (χ3n) is 7.30. The molecule has 0 aromatic rings. The zero-order chi connectivity index (χ0) is 29.5. The van der Waals surface area contributed by atoms with Gasteiger partial charge in [0.15, 0.2) is 0 Å². The number of carbonyl (C=O) groups excluding carboxylic acids is 2. The maximum atomic E-state index is 12.4. The Labute approximate surface area is 246 Å². The molecule has 1 unspecified atom stereocenters. The number of hydrogen-bond donors (Lipinski definition) is 1. The number of esters is 2. The number of carboxylic acids is 1. The van der Waals surface area contributed by atoms with E-state index in [0.29, 0.717) is 13.0 Å². The number of carboxylic acid groups (broad SMARTS) is 1. The Hall–Kier alpha value is -1.85. The predicted octanol–water partition coefficient (Wildman–Crippen LogP) is 9.87. The average molecular weight is 567 g/mol. The van der Waals surface area contributed by atoms with E-state index in [4.69, 9.17) is 14.6 Å². The van der Waals surface area contributed by atoms with Crippen molar-refractivity contribution in [3.05, 3.63) is 12.2 Å².